The van der Waals surface area contributed by atoms with Crippen LogP contribution >= 0.6 is 0 Å². The fraction of sp³-hybridized carbons (Fsp3) is 0.385. The summed E-state index contributed by atoms with van der Waals surface area (Å²) in [7, 11) is 0. The summed E-state index contributed by atoms with van der Waals surface area (Å²) < 4.78 is 1.76. The van der Waals surface area contributed by atoms with E-state index < -0.39 is 11.8 Å². The maximum atomic E-state index is 12.5. The molecule has 35 heavy (non-hydrogen) atoms. The molecule has 0 saturated heterocycles. The Hall–Kier alpha value is -3.88. The van der Waals surface area contributed by atoms with Crippen molar-refractivity contribution in [1.29, 1.82) is 0 Å². The maximum Gasteiger partial charge on any atom is 0.252 e. The number of hydrogen-bond acceptors (Lipinski definition) is 5. The molecule has 1 aliphatic carbocycles. The van der Waals surface area contributed by atoms with Gasteiger partial charge in [-0.3, -0.25) is 14.4 Å². The molecule has 5 N–H and O–H groups in total. The molecule has 9 nitrogen and oxygen atoms in total. The second kappa shape index (κ2) is 9.77. The van der Waals surface area contributed by atoms with Gasteiger partial charge in [0.05, 0.1) is 23.0 Å². The van der Waals surface area contributed by atoms with Crippen LogP contribution in [-0.2, 0) is 4.79 Å². The first-order valence-corrected chi connectivity index (χ1v) is 11.9. The molecule has 2 aromatic heterocycles. The summed E-state index contributed by atoms with van der Waals surface area (Å²) in [6.07, 6.45) is 6.95. The molecule has 1 aliphatic rings. The highest BCUT2D eigenvalue weighted by Gasteiger charge is 2.31. The van der Waals surface area contributed by atoms with Gasteiger partial charge in [0.2, 0.25) is 11.8 Å². The van der Waals surface area contributed by atoms with Gasteiger partial charge in [-0.05, 0) is 63.3 Å². The minimum atomic E-state index is -0.527. The van der Waals surface area contributed by atoms with Gasteiger partial charge in [0.25, 0.3) is 5.91 Å². The number of hydrogen-bond donors (Lipinski definition) is 3. The highest BCUT2D eigenvalue weighted by atomic mass is 16.2. The Bertz CT molecular complexity index is 1260. The molecule has 1 fully saturated rings. The highest BCUT2D eigenvalue weighted by Crippen LogP contribution is 2.36. The van der Waals surface area contributed by atoms with Crippen molar-refractivity contribution >= 4 is 28.9 Å². The Kier molecular flexibility index (Phi) is 6.77. The molecule has 1 aromatic carbocycles. The van der Waals surface area contributed by atoms with Crippen LogP contribution in [0.25, 0.3) is 16.6 Å². The fourth-order valence-corrected chi connectivity index (χ4v) is 5.13. The molecule has 0 atom stereocenters. The Labute approximate surface area is 204 Å². The molecule has 0 aliphatic heterocycles. The van der Waals surface area contributed by atoms with Crippen molar-refractivity contribution in [3.63, 3.8) is 0 Å². The topological polar surface area (TPSA) is 136 Å². The van der Waals surface area contributed by atoms with Gasteiger partial charge in [0.1, 0.15) is 0 Å². The summed E-state index contributed by atoms with van der Waals surface area (Å²) in [6.45, 7) is 5.76. The lowest BCUT2D eigenvalue weighted by Gasteiger charge is -2.41. The van der Waals surface area contributed by atoms with E-state index in [9.17, 15) is 14.4 Å². The lowest BCUT2D eigenvalue weighted by Crippen LogP contribution is -2.47. The zero-order chi connectivity index (χ0) is 25.3. The summed E-state index contributed by atoms with van der Waals surface area (Å²) in [4.78, 5) is 37.7. The van der Waals surface area contributed by atoms with Crippen LogP contribution in [0.3, 0.4) is 0 Å². The number of nitrogens with one attached hydrogen (secondary N) is 1. The molecular formula is C26H32N6O3. The third-order valence-corrected chi connectivity index (χ3v) is 6.69. The lowest BCUT2D eigenvalue weighted by atomic mass is 9.88. The van der Waals surface area contributed by atoms with Crippen LogP contribution in [0.5, 0.6) is 0 Å². The van der Waals surface area contributed by atoms with Crippen molar-refractivity contribution in [1.82, 2.24) is 14.9 Å². The standard InChI is InChI=1S/C26H32N6O3/c1-15(2)32(21-10-8-20(9-11-21)30-16(3)33)24-22(26(28)35)13-29-31-14-19(12-23(24)31)17-4-6-18(7-5-17)25(27)34/h4-7,12-15,20-21H,8-11H2,1-3H3,(H2,27,34)(H2,28,35)(H,30,33). The molecule has 2 heterocycles. The molecule has 3 amide bonds. The largest absolute Gasteiger partial charge is 0.366 e. The van der Waals surface area contributed by atoms with Crippen molar-refractivity contribution in [3.8, 4) is 11.1 Å². The van der Waals surface area contributed by atoms with Gasteiger partial charge in [-0.2, -0.15) is 5.10 Å². The number of amides is 3. The number of fused-ring (bicyclic) bond motifs is 1. The zero-order valence-electron chi connectivity index (χ0n) is 20.3. The average molecular weight is 477 g/mol. The zero-order valence-corrected chi connectivity index (χ0v) is 20.3. The predicted molar refractivity (Wildman–Crippen MR) is 135 cm³/mol. The Morgan fingerprint density at radius 3 is 2.23 bits per heavy atom. The van der Waals surface area contributed by atoms with Crippen molar-refractivity contribution in [2.45, 2.75) is 64.6 Å². The number of nitrogens with zero attached hydrogens (tertiary/aromatic N) is 3. The molecule has 0 bridgehead atoms. The van der Waals surface area contributed by atoms with Gasteiger partial charge in [-0.1, -0.05) is 12.1 Å². The summed E-state index contributed by atoms with van der Waals surface area (Å²) in [5, 5.41) is 7.48. The fourth-order valence-electron chi connectivity index (χ4n) is 5.13. The number of benzene rings is 1. The molecular weight excluding hydrogens is 444 g/mol. The second-order valence-corrected chi connectivity index (χ2v) is 9.48. The minimum Gasteiger partial charge on any atom is -0.366 e. The lowest BCUT2D eigenvalue weighted by molar-refractivity contribution is -0.119. The van der Waals surface area contributed by atoms with Crippen LogP contribution in [0.2, 0.25) is 0 Å². The Morgan fingerprint density at radius 2 is 1.69 bits per heavy atom. The van der Waals surface area contributed by atoms with Gasteiger partial charge < -0.3 is 21.7 Å². The Balaban J connectivity index is 1.76. The Morgan fingerprint density at radius 1 is 1.03 bits per heavy atom. The first-order valence-electron chi connectivity index (χ1n) is 11.9. The molecule has 9 heteroatoms. The van der Waals surface area contributed by atoms with Gasteiger partial charge >= 0.3 is 0 Å². The van der Waals surface area contributed by atoms with E-state index in [1.165, 1.54) is 6.20 Å². The summed E-state index contributed by atoms with van der Waals surface area (Å²) >= 11 is 0. The van der Waals surface area contributed by atoms with Crippen LogP contribution in [0.1, 0.15) is 67.2 Å². The number of nitrogens with two attached hydrogens (primary N) is 2. The number of carbonyl (C=O) groups is 3. The molecule has 0 spiro atoms. The van der Waals surface area contributed by atoms with Crippen LogP contribution in [0, 0.1) is 0 Å². The van der Waals surface area contributed by atoms with Gasteiger partial charge in [0, 0.05) is 42.4 Å². The van der Waals surface area contributed by atoms with E-state index in [-0.39, 0.29) is 24.0 Å². The predicted octanol–water partition coefficient (Wildman–Crippen LogP) is 2.86. The van der Waals surface area contributed by atoms with E-state index in [1.807, 2.05) is 24.4 Å². The first-order chi connectivity index (χ1) is 16.7. The second-order valence-electron chi connectivity index (χ2n) is 9.48. The molecule has 0 radical (unpaired) electrons. The van der Waals surface area contributed by atoms with E-state index in [0.717, 1.165) is 48.0 Å². The van der Waals surface area contributed by atoms with Crippen molar-refractivity contribution in [2.24, 2.45) is 11.5 Å². The van der Waals surface area contributed by atoms with Crippen LogP contribution in [-0.4, -0.2) is 45.5 Å². The average Bonchev–Trinajstić information content (AvgIpc) is 3.24. The van der Waals surface area contributed by atoms with Crippen molar-refractivity contribution in [2.75, 3.05) is 4.90 Å². The van der Waals surface area contributed by atoms with Gasteiger partial charge in [-0.15, -0.1) is 0 Å². The number of aromatic nitrogens is 2. The van der Waals surface area contributed by atoms with Crippen LogP contribution in [0.15, 0.2) is 42.7 Å². The van der Waals surface area contributed by atoms with E-state index in [4.69, 9.17) is 11.5 Å². The molecule has 0 unspecified atom stereocenters. The van der Waals surface area contributed by atoms with E-state index >= 15 is 0 Å². The molecule has 184 valence electrons. The van der Waals surface area contributed by atoms with Crippen molar-refractivity contribution < 1.29 is 14.4 Å². The number of anilines is 1. The number of primary amides is 2. The SMILES string of the molecule is CC(=O)NC1CCC(N(c2c(C(N)=O)cnn3cc(-c4ccc(C(N)=O)cc4)cc23)C(C)C)CC1. The number of carbonyl (C=O) groups excluding carboxylic acids is 3. The minimum absolute atomic E-state index is 0.00870. The van der Waals surface area contributed by atoms with E-state index in [0.29, 0.717) is 11.1 Å². The monoisotopic (exact) mass is 476 g/mol. The number of rotatable bonds is 7. The third kappa shape index (κ3) is 4.99. The van der Waals surface area contributed by atoms with E-state index in [2.05, 4.69) is 29.2 Å². The van der Waals surface area contributed by atoms with Gasteiger partial charge in [0.15, 0.2) is 0 Å². The summed E-state index contributed by atoms with van der Waals surface area (Å²) in [5.74, 6) is -1.01. The smallest absolute Gasteiger partial charge is 0.252 e. The van der Waals surface area contributed by atoms with Crippen LogP contribution < -0.4 is 21.7 Å². The first kappa shape index (κ1) is 24.3. The maximum absolute atomic E-state index is 12.5. The molecule has 4 rings (SSSR count). The van der Waals surface area contributed by atoms with Crippen LogP contribution in [0.4, 0.5) is 5.69 Å². The molecule has 1 saturated carbocycles. The normalized spacial score (nSPS) is 17.9. The quantitative estimate of drug-likeness (QED) is 0.482. The highest BCUT2D eigenvalue weighted by molar-refractivity contribution is 6.03. The summed E-state index contributed by atoms with van der Waals surface area (Å²) in [5.41, 5.74) is 15.3. The molecule has 3 aromatic rings. The van der Waals surface area contributed by atoms with E-state index in [1.54, 1.807) is 23.6 Å². The summed E-state index contributed by atoms with van der Waals surface area (Å²) in [6, 6.07) is 9.53. The third-order valence-electron chi connectivity index (χ3n) is 6.69. The van der Waals surface area contributed by atoms with Gasteiger partial charge in [-0.25, -0.2) is 4.52 Å². The van der Waals surface area contributed by atoms with Crippen molar-refractivity contribution in [3.05, 3.63) is 53.9 Å².